The Morgan fingerprint density at radius 2 is 1.70 bits per heavy atom. The van der Waals surface area contributed by atoms with Crippen molar-refractivity contribution in [2.45, 2.75) is 64.1 Å². The Morgan fingerprint density at radius 3 is 2.41 bits per heavy atom. The third kappa shape index (κ3) is 6.85. The molecule has 4 aliphatic rings. The van der Waals surface area contributed by atoms with Crippen LogP contribution in [0.15, 0.2) is 23.6 Å². The Kier molecular flexibility index (Phi) is 9.65. The van der Waals surface area contributed by atoms with E-state index in [4.69, 9.17) is 17.3 Å². The summed E-state index contributed by atoms with van der Waals surface area (Å²) in [5.74, 6) is -0.422. The van der Waals surface area contributed by atoms with E-state index >= 15 is 0 Å². The fourth-order valence-electron chi connectivity index (χ4n) is 7.28. The highest BCUT2D eigenvalue weighted by Gasteiger charge is 2.36. The summed E-state index contributed by atoms with van der Waals surface area (Å²) < 4.78 is 0. The van der Waals surface area contributed by atoms with Crippen molar-refractivity contribution in [3.05, 3.63) is 44.6 Å². The number of nitrogen functional groups attached to an aromatic ring is 1. The molecule has 1 atom stereocenters. The molecule has 0 saturated carbocycles. The smallest absolute Gasteiger partial charge is 0.322 e. The number of hydrogen-bond donors (Lipinski definition) is 3. The number of thiophene rings is 1. The summed E-state index contributed by atoms with van der Waals surface area (Å²) in [6, 6.07) is 6.29. The Hall–Kier alpha value is -2.86. The molecule has 10 nitrogen and oxygen atoms in total. The van der Waals surface area contributed by atoms with Crippen molar-refractivity contribution in [3.8, 4) is 0 Å². The lowest BCUT2D eigenvalue weighted by Gasteiger charge is -2.41. The largest absolute Gasteiger partial charge is 0.397 e. The van der Waals surface area contributed by atoms with Crippen molar-refractivity contribution in [1.82, 2.24) is 24.9 Å². The first kappa shape index (κ1) is 31.1. The molecule has 0 bridgehead atoms. The van der Waals surface area contributed by atoms with Crippen LogP contribution >= 0.6 is 22.9 Å². The van der Waals surface area contributed by atoms with Gasteiger partial charge in [0, 0.05) is 75.7 Å². The van der Waals surface area contributed by atoms with E-state index in [-0.39, 0.29) is 30.3 Å². The molecule has 238 valence electrons. The van der Waals surface area contributed by atoms with Crippen molar-refractivity contribution in [3.63, 3.8) is 0 Å². The minimum atomic E-state index is -0.472. The molecule has 0 spiro atoms. The van der Waals surface area contributed by atoms with Gasteiger partial charge in [0.05, 0.1) is 28.9 Å². The molecule has 4 N–H and O–H groups in total. The molecule has 12 heteroatoms. The SMILES string of the molecule is Cc1cc(C[C@@H](CC(=O)N2CCC(N3Cc4sccc4NC3=O)CC2)C(=O)N2CCC(N3CCNCC3)CC2)cc(Cl)c1N. The zero-order chi connectivity index (χ0) is 30.8. The number of rotatable bonds is 7. The number of anilines is 2. The number of piperidine rings is 2. The zero-order valence-electron chi connectivity index (χ0n) is 25.5. The zero-order valence-corrected chi connectivity index (χ0v) is 27.1. The molecular weight excluding hydrogens is 598 g/mol. The lowest BCUT2D eigenvalue weighted by Crippen LogP contribution is -2.53. The van der Waals surface area contributed by atoms with Gasteiger partial charge in [-0.2, -0.15) is 0 Å². The van der Waals surface area contributed by atoms with Gasteiger partial charge in [-0.1, -0.05) is 17.7 Å². The first-order valence-electron chi connectivity index (χ1n) is 16.0. The van der Waals surface area contributed by atoms with Crippen LogP contribution in [0, 0.1) is 12.8 Å². The topological polar surface area (TPSA) is 114 Å². The van der Waals surface area contributed by atoms with Gasteiger partial charge < -0.3 is 31.1 Å². The fourth-order valence-corrected chi connectivity index (χ4v) is 8.40. The van der Waals surface area contributed by atoms with Crippen molar-refractivity contribution in [2.75, 3.05) is 63.4 Å². The van der Waals surface area contributed by atoms with Crippen LogP contribution < -0.4 is 16.4 Å². The first-order chi connectivity index (χ1) is 21.3. The highest BCUT2D eigenvalue weighted by molar-refractivity contribution is 7.10. The molecule has 0 aliphatic carbocycles. The summed E-state index contributed by atoms with van der Waals surface area (Å²) in [7, 11) is 0. The van der Waals surface area contributed by atoms with E-state index in [9.17, 15) is 14.4 Å². The molecule has 1 aromatic carbocycles. The second-order valence-electron chi connectivity index (χ2n) is 12.7. The number of hydrogen-bond acceptors (Lipinski definition) is 7. The number of fused-ring (bicyclic) bond motifs is 1. The van der Waals surface area contributed by atoms with Gasteiger partial charge in [0.1, 0.15) is 0 Å². The molecule has 0 radical (unpaired) electrons. The predicted molar refractivity (Wildman–Crippen MR) is 175 cm³/mol. The Labute approximate surface area is 268 Å². The monoisotopic (exact) mass is 641 g/mol. The Balaban J connectivity index is 1.09. The molecule has 3 saturated heterocycles. The minimum Gasteiger partial charge on any atom is -0.397 e. The Morgan fingerprint density at radius 1 is 1.02 bits per heavy atom. The number of aryl methyl sites for hydroxylation is 1. The molecule has 6 rings (SSSR count). The van der Waals surface area contributed by atoms with E-state index < -0.39 is 5.92 Å². The van der Waals surface area contributed by atoms with Crippen LogP contribution in [0.5, 0.6) is 0 Å². The minimum absolute atomic E-state index is 0.000551. The number of benzene rings is 1. The summed E-state index contributed by atoms with van der Waals surface area (Å²) in [5.41, 5.74) is 9.35. The van der Waals surface area contributed by atoms with Crippen LogP contribution in [0.4, 0.5) is 16.2 Å². The van der Waals surface area contributed by atoms with E-state index in [2.05, 4.69) is 15.5 Å². The number of piperazine rings is 1. The summed E-state index contributed by atoms with van der Waals surface area (Å²) in [4.78, 5) is 50.0. The fraction of sp³-hybridized carbons (Fsp3) is 0.594. The van der Waals surface area contributed by atoms with Gasteiger partial charge in [-0.15, -0.1) is 11.3 Å². The highest BCUT2D eigenvalue weighted by atomic mass is 35.5. The normalized spacial score (nSPS) is 21.2. The average Bonchev–Trinajstić information content (AvgIpc) is 3.50. The van der Waals surface area contributed by atoms with E-state index in [0.29, 0.717) is 42.8 Å². The van der Waals surface area contributed by atoms with Gasteiger partial charge in [-0.25, -0.2) is 4.79 Å². The summed E-state index contributed by atoms with van der Waals surface area (Å²) in [6.45, 7) is 9.27. The van der Waals surface area contributed by atoms with Gasteiger partial charge in [0.15, 0.2) is 0 Å². The van der Waals surface area contributed by atoms with Crippen LogP contribution in [0.25, 0.3) is 0 Å². The van der Waals surface area contributed by atoms with E-state index in [1.807, 2.05) is 45.2 Å². The standard InChI is InChI=1S/C32H44ClN7O3S/c1-21-16-22(18-26(33)30(21)34)17-23(31(42)39-11-2-24(3-12-39)37-13-7-35-8-14-37)19-29(41)38-9-4-25(5-10-38)40-20-28-27(6-15-44-28)36-32(40)43/h6,15-16,18,23-25,35H,2-5,7-14,17,19-20,34H2,1H3,(H,36,43)/t23-/m0/s1. The number of likely N-dealkylation sites (tertiary alicyclic amines) is 2. The van der Waals surface area contributed by atoms with Crippen LogP contribution in [-0.4, -0.2) is 102 Å². The average molecular weight is 642 g/mol. The van der Waals surface area contributed by atoms with Crippen LogP contribution in [0.3, 0.4) is 0 Å². The van der Waals surface area contributed by atoms with Crippen molar-refractivity contribution >= 4 is 52.2 Å². The van der Waals surface area contributed by atoms with Gasteiger partial charge in [0.2, 0.25) is 11.8 Å². The van der Waals surface area contributed by atoms with Gasteiger partial charge >= 0.3 is 6.03 Å². The Bertz CT molecular complexity index is 1340. The maximum absolute atomic E-state index is 14.0. The molecule has 1 aromatic heterocycles. The molecule has 2 aromatic rings. The summed E-state index contributed by atoms with van der Waals surface area (Å²) in [5, 5.41) is 8.90. The number of urea groups is 1. The first-order valence-corrected chi connectivity index (χ1v) is 17.2. The third-order valence-electron chi connectivity index (χ3n) is 9.91. The van der Waals surface area contributed by atoms with Crippen molar-refractivity contribution < 1.29 is 14.4 Å². The molecule has 4 aliphatic heterocycles. The molecule has 3 fully saturated rings. The molecule has 5 heterocycles. The van der Waals surface area contributed by atoms with Crippen LogP contribution in [0.2, 0.25) is 5.02 Å². The van der Waals surface area contributed by atoms with Crippen molar-refractivity contribution in [1.29, 1.82) is 0 Å². The maximum atomic E-state index is 14.0. The number of amides is 4. The quantitative estimate of drug-likeness (QED) is 0.397. The number of carbonyl (C=O) groups is 3. The molecular formula is C32H44ClN7O3S. The maximum Gasteiger partial charge on any atom is 0.322 e. The lowest BCUT2D eigenvalue weighted by molar-refractivity contribution is -0.143. The molecule has 0 unspecified atom stereocenters. The second kappa shape index (κ2) is 13.6. The van der Waals surface area contributed by atoms with E-state index in [0.717, 1.165) is 81.8 Å². The number of carbonyl (C=O) groups excluding carboxylic acids is 3. The number of nitrogens with zero attached hydrogens (tertiary/aromatic N) is 4. The number of nitrogens with one attached hydrogen (secondary N) is 2. The number of halogens is 1. The van der Waals surface area contributed by atoms with E-state index in [1.54, 1.807) is 11.3 Å². The number of nitrogens with two attached hydrogens (primary N) is 1. The highest BCUT2D eigenvalue weighted by Crippen LogP contribution is 2.32. The van der Waals surface area contributed by atoms with Crippen molar-refractivity contribution in [2.24, 2.45) is 5.92 Å². The second-order valence-corrected chi connectivity index (χ2v) is 14.1. The third-order valence-corrected chi connectivity index (χ3v) is 11.1. The lowest BCUT2D eigenvalue weighted by atomic mass is 9.91. The van der Waals surface area contributed by atoms with Gasteiger partial charge in [0.25, 0.3) is 0 Å². The molecule has 44 heavy (non-hydrogen) atoms. The van der Waals surface area contributed by atoms with E-state index in [1.165, 1.54) is 4.88 Å². The summed E-state index contributed by atoms with van der Waals surface area (Å²) >= 11 is 8.08. The van der Waals surface area contributed by atoms with Crippen LogP contribution in [0.1, 0.15) is 48.1 Å². The predicted octanol–water partition coefficient (Wildman–Crippen LogP) is 3.78. The van der Waals surface area contributed by atoms with Gasteiger partial charge in [-0.05, 0) is 67.7 Å². The van der Waals surface area contributed by atoms with Gasteiger partial charge in [-0.3, -0.25) is 14.5 Å². The summed E-state index contributed by atoms with van der Waals surface area (Å²) in [6.07, 6.45) is 3.98. The molecule has 4 amide bonds. The van der Waals surface area contributed by atoms with Crippen LogP contribution in [-0.2, 0) is 22.6 Å².